The number of aromatic nitrogens is 1. The zero-order chi connectivity index (χ0) is 25.2. The number of carbonyl (C=O) groups excluding carboxylic acids is 3. The van der Waals surface area contributed by atoms with Gasteiger partial charge in [-0.15, -0.1) is 0 Å². The molecule has 0 aliphatic carbocycles. The maximum Gasteiger partial charge on any atom is 0.336 e. The van der Waals surface area contributed by atoms with Crippen LogP contribution in [0.1, 0.15) is 23.6 Å². The topological polar surface area (TPSA) is 80.6 Å². The van der Waals surface area contributed by atoms with Crippen molar-refractivity contribution in [3.05, 3.63) is 101 Å². The molecule has 7 nitrogen and oxygen atoms in total. The molecule has 0 spiro atoms. The van der Waals surface area contributed by atoms with E-state index in [1.807, 2.05) is 43.5 Å². The molecule has 1 aliphatic rings. The van der Waals surface area contributed by atoms with Gasteiger partial charge in [0.25, 0.3) is 11.8 Å². The second-order valence-electron chi connectivity index (χ2n) is 8.58. The Morgan fingerprint density at radius 3 is 2.53 bits per heavy atom. The summed E-state index contributed by atoms with van der Waals surface area (Å²) in [5.41, 5.74) is 4.16. The quantitative estimate of drug-likeness (QED) is 0.310. The summed E-state index contributed by atoms with van der Waals surface area (Å²) in [6.07, 6.45) is 3.48. The summed E-state index contributed by atoms with van der Waals surface area (Å²) >= 11 is 0. The summed E-state index contributed by atoms with van der Waals surface area (Å²) in [6, 6.07) is 22.0. The van der Waals surface area contributed by atoms with E-state index in [1.54, 1.807) is 30.3 Å². The molecule has 1 fully saturated rings. The Bertz CT molecular complexity index is 1530. The number of benzene rings is 3. The lowest BCUT2D eigenvalue weighted by Gasteiger charge is -2.27. The molecule has 0 bridgehead atoms. The van der Waals surface area contributed by atoms with Crippen molar-refractivity contribution in [3.8, 4) is 5.75 Å². The Morgan fingerprint density at radius 2 is 1.72 bits per heavy atom. The number of fused-ring (bicyclic) bond motifs is 1. The Hall–Kier alpha value is -4.65. The second kappa shape index (κ2) is 9.54. The molecule has 180 valence electrons. The van der Waals surface area contributed by atoms with Gasteiger partial charge in [-0.3, -0.25) is 14.9 Å². The molecule has 1 N–H and O–H groups in total. The highest BCUT2D eigenvalue weighted by Gasteiger charge is 2.38. The van der Waals surface area contributed by atoms with Gasteiger partial charge in [-0.1, -0.05) is 60.2 Å². The molecule has 2 heterocycles. The van der Waals surface area contributed by atoms with Crippen LogP contribution in [0.3, 0.4) is 0 Å². The van der Waals surface area contributed by atoms with Crippen LogP contribution in [0, 0.1) is 6.92 Å². The van der Waals surface area contributed by atoms with Gasteiger partial charge in [0, 0.05) is 29.2 Å². The monoisotopic (exact) mass is 479 g/mol. The van der Waals surface area contributed by atoms with Crippen LogP contribution < -0.4 is 15.0 Å². The molecule has 36 heavy (non-hydrogen) atoms. The van der Waals surface area contributed by atoms with Gasteiger partial charge in [0.05, 0.1) is 12.3 Å². The van der Waals surface area contributed by atoms with Gasteiger partial charge in [0.2, 0.25) is 0 Å². The molecule has 0 atom stereocenters. The minimum Gasteiger partial charge on any atom is -0.492 e. The number of aryl methyl sites for hydroxylation is 1. The van der Waals surface area contributed by atoms with Crippen molar-refractivity contribution in [3.63, 3.8) is 0 Å². The van der Waals surface area contributed by atoms with Crippen LogP contribution in [0.5, 0.6) is 5.75 Å². The lowest BCUT2D eigenvalue weighted by atomic mass is 10.1. The van der Waals surface area contributed by atoms with Crippen LogP contribution in [-0.4, -0.2) is 29.0 Å². The number of ether oxygens (including phenoxy) is 1. The van der Waals surface area contributed by atoms with E-state index in [0.29, 0.717) is 24.5 Å². The van der Waals surface area contributed by atoms with Crippen molar-refractivity contribution in [2.45, 2.75) is 20.4 Å². The number of hydrogen-bond acceptors (Lipinski definition) is 4. The van der Waals surface area contributed by atoms with E-state index >= 15 is 0 Å². The van der Waals surface area contributed by atoms with Gasteiger partial charge in [-0.25, -0.2) is 9.69 Å². The molecular formula is C29H25N3O4. The minimum atomic E-state index is -0.809. The summed E-state index contributed by atoms with van der Waals surface area (Å²) in [5.74, 6) is -1.05. The number of imide groups is 2. The fourth-order valence-corrected chi connectivity index (χ4v) is 4.48. The number of nitrogens with zero attached hydrogens (tertiary/aromatic N) is 2. The van der Waals surface area contributed by atoms with Crippen molar-refractivity contribution in [1.82, 2.24) is 9.88 Å². The number of hydrogen-bond donors (Lipinski definition) is 1. The molecule has 3 aromatic carbocycles. The van der Waals surface area contributed by atoms with E-state index in [9.17, 15) is 14.4 Å². The van der Waals surface area contributed by atoms with Gasteiger partial charge >= 0.3 is 6.03 Å². The van der Waals surface area contributed by atoms with Crippen molar-refractivity contribution in [1.29, 1.82) is 0 Å². The summed E-state index contributed by atoms with van der Waals surface area (Å²) in [4.78, 5) is 39.9. The van der Waals surface area contributed by atoms with E-state index in [1.165, 1.54) is 5.56 Å². The van der Waals surface area contributed by atoms with Crippen molar-refractivity contribution < 1.29 is 19.1 Å². The Kier molecular flexibility index (Phi) is 6.12. The molecule has 7 heteroatoms. The average molecular weight is 480 g/mol. The molecule has 5 rings (SSSR count). The van der Waals surface area contributed by atoms with Gasteiger partial charge in [0.1, 0.15) is 11.3 Å². The number of carbonyl (C=O) groups is 3. The minimum absolute atomic E-state index is 0.126. The number of urea groups is 1. The molecule has 1 saturated heterocycles. The fourth-order valence-electron chi connectivity index (χ4n) is 4.48. The first-order valence-corrected chi connectivity index (χ1v) is 11.7. The van der Waals surface area contributed by atoms with E-state index < -0.39 is 17.8 Å². The third-order valence-corrected chi connectivity index (χ3v) is 6.06. The predicted octanol–water partition coefficient (Wildman–Crippen LogP) is 5.06. The standard InChI is InChI=1S/C29H25N3O4/c1-3-36-26-14-7-6-13-25(26)32-28(34)23(27(33)30-29(32)35)16-21-18-31(24-12-5-4-11-22(21)24)17-20-10-8-9-19(2)15-20/h4-16,18H,3,17H2,1-2H3,(H,30,33,35)/b23-16+. The second-order valence-corrected chi connectivity index (χ2v) is 8.58. The van der Waals surface area contributed by atoms with Crippen LogP contribution in [-0.2, 0) is 16.1 Å². The van der Waals surface area contributed by atoms with E-state index in [-0.39, 0.29) is 11.3 Å². The number of anilines is 1. The molecule has 0 saturated carbocycles. The van der Waals surface area contributed by atoms with Crippen LogP contribution in [0.4, 0.5) is 10.5 Å². The lowest BCUT2D eigenvalue weighted by Crippen LogP contribution is -2.54. The smallest absolute Gasteiger partial charge is 0.336 e. The van der Waals surface area contributed by atoms with Gasteiger partial charge in [-0.05, 0) is 43.7 Å². The fraction of sp³-hybridized carbons (Fsp3) is 0.138. The first-order chi connectivity index (χ1) is 17.5. The van der Waals surface area contributed by atoms with E-state index in [2.05, 4.69) is 35.0 Å². The summed E-state index contributed by atoms with van der Waals surface area (Å²) in [6.45, 7) is 4.87. The highest BCUT2D eigenvalue weighted by molar-refractivity contribution is 6.39. The highest BCUT2D eigenvalue weighted by atomic mass is 16.5. The van der Waals surface area contributed by atoms with Crippen LogP contribution >= 0.6 is 0 Å². The Balaban J connectivity index is 1.57. The predicted molar refractivity (Wildman–Crippen MR) is 139 cm³/mol. The van der Waals surface area contributed by atoms with Gasteiger partial charge in [0.15, 0.2) is 0 Å². The zero-order valence-corrected chi connectivity index (χ0v) is 20.0. The summed E-state index contributed by atoms with van der Waals surface area (Å²) in [7, 11) is 0. The number of nitrogens with one attached hydrogen (secondary N) is 1. The number of amides is 4. The molecule has 0 unspecified atom stereocenters. The molecular weight excluding hydrogens is 454 g/mol. The number of rotatable bonds is 6. The molecule has 4 amide bonds. The maximum absolute atomic E-state index is 13.5. The Labute approximate surface area is 208 Å². The zero-order valence-electron chi connectivity index (χ0n) is 20.0. The van der Waals surface area contributed by atoms with Crippen LogP contribution in [0.25, 0.3) is 17.0 Å². The van der Waals surface area contributed by atoms with Crippen molar-refractivity contribution >= 4 is 40.5 Å². The largest absolute Gasteiger partial charge is 0.492 e. The normalized spacial score (nSPS) is 15.0. The summed E-state index contributed by atoms with van der Waals surface area (Å²) in [5, 5.41) is 3.19. The highest BCUT2D eigenvalue weighted by Crippen LogP contribution is 2.32. The number of barbiturate groups is 1. The first-order valence-electron chi connectivity index (χ1n) is 11.7. The number of para-hydroxylation sites is 3. The van der Waals surface area contributed by atoms with Gasteiger partial charge in [-0.2, -0.15) is 0 Å². The van der Waals surface area contributed by atoms with Crippen molar-refractivity contribution in [2.24, 2.45) is 0 Å². The average Bonchev–Trinajstić information content (AvgIpc) is 3.20. The SMILES string of the molecule is CCOc1ccccc1N1C(=O)NC(=O)/C(=C\c2cn(Cc3cccc(C)c3)c3ccccc23)C1=O. The third-order valence-electron chi connectivity index (χ3n) is 6.06. The molecule has 1 aliphatic heterocycles. The molecule has 1 aromatic heterocycles. The summed E-state index contributed by atoms with van der Waals surface area (Å²) < 4.78 is 7.70. The third kappa shape index (κ3) is 4.27. The van der Waals surface area contributed by atoms with Crippen molar-refractivity contribution in [2.75, 3.05) is 11.5 Å². The van der Waals surface area contributed by atoms with E-state index in [4.69, 9.17) is 4.74 Å². The lowest BCUT2D eigenvalue weighted by molar-refractivity contribution is -0.122. The van der Waals surface area contributed by atoms with E-state index in [0.717, 1.165) is 21.4 Å². The Morgan fingerprint density at radius 1 is 0.944 bits per heavy atom. The van der Waals surface area contributed by atoms with Gasteiger partial charge < -0.3 is 9.30 Å². The van der Waals surface area contributed by atoms with Crippen LogP contribution in [0.15, 0.2) is 84.6 Å². The first kappa shape index (κ1) is 23.1. The molecule has 4 aromatic rings. The maximum atomic E-state index is 13.5. The molecule has 0 radical (unpaired) electrons. The van der Waals surface area contributed by atoms with Crippen LogP contribution in [0.2, 0.25) is 0 Å².